The first-order valence-corrected chi connectivity index (χ1v) is 8.17. The maximum atomic E-state index is 11.8. The van der Waals surface area contributed by atoms with Crippen LogP contribution in [-0.4, -0.2) is 37.2 Å². The molecule has 0 heterocycles. The van der Waals surface area contributed by atoms with Crippen LogP contribution in [-0.2, 0) is 9.53 Å². The van der Waals surface area contributed by atoms with E-state index in [0.29, 0.717) is 12.0 Å². The summed E-state index contributed by atoms with van der Waals surface area (Å²) in [5.41, 5.74) is 0. The van der Waals surface area contributed by atoms with Crippen molar-refractivity contribution >= 4 is 5.91 Å². The summed E-state index contributed by atoms with van der Waals surface area (Å²) in [7, 11) is 0. The summed E-state index contributed by atoms with van der Waals surface area (Å²) in [6.45, 7) is 9.75. The Labute approximate surface area is 124 Å². The number of ether oxygens (including phenoxy) is 1. The molecule has 1 amide bonds. The molecule has 0 aromatic carbocycles. The summed E-state index contributed by atoms with van der Waals surface area (Å²) in [4.78, 5) is 11.8. The molecule has 0 spiro atoms. The van der Waals surface area contributed by atoms with E-state index in [2.05, 4.69) is 31.4 Å². The molecule has 0 aliphatic heterocycles. The fourth-order valence-corrected chi connectivity index (χ4v) is 2.44. The van der Waals surface area contributed by atoms with E-state index in [1.807, 2.05) is 6.92 Å². The second kappa shape index (κ2) is 9.35. The van der Waals surface area contributed by atoms with Gasteiger partial charge in [-0.2, -0.15) is 0 Å². The first-order valence-electron chi connectivity index (χ1n) is 8.17. The number of carbonyl (C=O) groups is 1. The topological polar surface area (TPSA) is 50.4 Å². The zero-order valence-electron chi connectivity index (χ0n) is 13.6. The van der Waals surface area contributed by atoms with Crippen molar-refractivity contribution in [2.75, 3.05) is 13.2 Å². The molecule has 1 rings (SSSR count). The van der Waals surface area contributed by atoms with Crippen LogP contribution in [0.25, 0.3) is 0 Å². The highest BCUT2D eigenvalue weighted by Crippen LogP contribution is 2.21. The van der Waals surface area contributed by atoms with E-state index < -0.39 is 0 Å². The molecular formula is C16H32N2O2. The third-order valence-corrected chi connectivity index (χ3v) is 4.20. The fraction of sp³-hybridized carbons (Fsp3) is 0.938. The fourth-order valence-electron chi connectivity index (χ4n) is 2.44. The Morgan fingerprint density at radius 3 is 2.40 bits per heavy atom. The van der Waals surface area contributed by atoms with Gasteiger partial charge in [-0.15, -0.1) is 0 Å². The van der Waals surface area contributed by atoms with Crippen molar-refractivity contribution in [1.82, 2.24) is 10.6 Å². The van der Waals surface area contributed by atoms with Crippen LogP contribution in [0.4, 0.5) is 0 Å². The van der Waals surface area contributed by atoms with Gasteiger partial charge in [-0.1, -0.05) is 20.8 Å². The number of rotatable bonds is 8. The van der Waals surface area contributed by atoms with Crippen LogP contribution >= 0.6 is 0 Å². The third kappa shape index (κ3) is 6.71. The van der Waals surface area contributed by atoms with Crippen molar-refractivity contribution in [3.05, 3.63) is 0 Å². The summed E-state index contributed by atoms with van der Waals surface area (Å²) >= 11 is 0. The number of carbonyl (C=O) groups excluding carboxylic acids is 1. The van der Waals surface area contributed by atoms with Gasteiger partial charge >= 0.3 is 0 Å². The second-order valence-electron chi connectivity index (χ2n) is 6.34. The van der Waals surface area contributed by atoms with Crippen molar-refractivity contribution in [2.24, 2.45) is 5.92 Å². The first kappa shape index (κ1) is 17.4. The van der Waals surface area contributed by atoms with Gasteiger partial charge < -0.3 is 15.4 Å². The van der Waals surface area contributed by atoms with Gasteiger partial charge in [-0.25, -0.2) is 0 Å². The Hall–Kier alpha value is -0.610. The number of amides is 1. The lowest BCUT2D eigenvalue weighted by molar-refractivity contribution is -0.129. The lowest BCUT2D eigenvalue weighted by Gasteiger charge is -2.29. The van der Waals surface area contributed by atoms with Gasteiger partial charge in [0.25, 0.3) is 0 Å². The molecule has 0 aromatic rings. The highest BCUT2D eigenvalue weighted by Gasteiger charge is 2.22. The van der Waals surface area contributed by atoms with Crippen LogP contribution in [0.1, 0.15) is 59.8 Å². The van der Waals surface area contributed by atoms with Crippen molar-refractivity contribution in [1.29, 1.82) is 0 Å². The Morgan fingerprint density at radius 1 is 1.20 bits per heavy atom. The standard InChI is InChI=1S/C16H32N2O2/c1-5-10-17-14-6-8-15(9-7-14)20-11-16(19)18-13(4)12(2)3/h12-15,17H,5-11H2,1-4H3,(H,18,19). The molecule has 20 heavy (non-hydrogen) atoms. The van der Waals surface area contributed by atoms with Crippen LogP contribution in [0.2, 0.25) is 0 Å². The largest absolute Gasteiger partial charge is 0.368 e. The Balaban J connectivity index is 2.13. The molecule has 0 aromatic heterocycles. The number of hydrogen-bond donors (Lipinski definition) is 2. The van der Waals surface area contributed by atoms with Crippen molar-refractivity contribution in [3.8, 4) is 0 Å². The molecule has 0 bridgehead atoms. The minimum Gasteiger partial charge on any atom is -0.368 e. The van der Waals surface area contributed by atoms with Crippen molar-refractivity contribution < 1.29 is 9.53 Å². The Bertz CT molecular complexity index is 274. The second-order valence-corrected chi connectivity index (χ2v) is 6.34. The third-order valence-electron chi connectivity index (χ3n) is 4.20. The molecule has 1 unspecified atom stereocenters. The molecular weight excluding hydrogens is 252 g/mol. The molecule has 2 N–H and O–H groups in total. The molecule has 4 heteroatoms. The minimum atomic E-state index is 0.0115. The van der Waals surface area contributed by atoms with Crippen LogP contribution in [0.3, 0.4) is 0 Å². The van der Waals surface area contributed by atoms with Gasteiger partial charge in [0.15, 0.2) is 0 Å². The zero-order valence-corrected chi connectivity index (χ0v) is 13.6. The minimum absolute atomic E-state index is 0.0115. The lowest BCUT2D eigenvalue weighted by atomic mass is 9.93. The Kier molecular flexibility index (Phi) is 8.15. The number of nitrogens with one attached hydrogen (secondary N) is 2. The highest BCUT2D eigenvalue weighted by molar-refractivity contribution is 5.77. The van der Waals surface area contributed by atoms with Gasteiger partial charge in [0, 0.05) is 12.1 Å². The smallest absolute Gasteiger partial charge is 0.246 e. The summed E-state index contributed by atoms with van der Waals surface area (Å²) in [5, 5.41) is 6.54. The average Bonchev–Trinajstić information content (AvgIpc) is 2.43. The van der Waals surface area contributed by atoms with E-state index >= 15 is 0 Å². The van der Waals surface area contributed by atoms with E-state index in [0.717, 1.165) is 32.2 Å². The molecule has 1 saturated carbocycles. The van der Waals surface area contributed by atoms with E-state index in [1.54, 1.807) is 0 Å². The summed E-state index contributed by atoms with van der Waals surface area (Å²) < 4.78 is 5.74. The molecule has 1 aliphatic rings. The van der Waals surface area contributed by atoms with Crippen LogP contribution in [0.5, 0.6) is 0 Å². The molecule has 4 nitrogen and oxygen atoms in total. The van der Waals surface area contributed by atoms with Crippen molar-refractivity contribution in [3.63, 3.8) is 0 Å². The van der Waals surface area contributed by atoms with Gasteiger partial charge in [0.1, 0.15) is 6.61 Å². The number of hydrogen-bond acceptors (Lipinski definition) is 3. The SMILES string of the molecule is CCCNC1CCC(OCC(=O)NC(C)C(C)C)CC1. The van der Waals surface area contributed by atoms with Gasteiger partial charge in [-0.3, -0.25) is 4.79 Å². The van der Waals surface area contributed by atoms with E-state index in [4.69, 9.17) is 4.74 Å². The molecule has 1 fully saturated rings. The highest BCUT2D eigenvalue weighted by atomic mass is 16.5. The van der Waals surface area contributed by atoms with Gasteiger partial charge in [0.05, 0.1) is 6.10 Å². The lowest BCUT2D eigenvalue weighted by Crippen LogP contribution is -2.40. The molecule has 0 saturated heterocycles. The maximum Gasteiger partial charge on any atom is 0.246 e. The predicted octanol–water partition coefficient (Wildman–Crippen LogP) is 2.47. The molecule has 1 aliphatic carbocycles. The monoisotopic (exact) mass is 284 g/mol. The first-order chi connectivity index (χ1) is 9.52. The van der Waals surface area contributed by atoms with Crippen LogP contribution in [0.15, 0.2) is 0 Å². The van der Waals surface area contributed by atoms with E-state index in [9.17, 15) is 4.79 Å². The quantitative estimate of drug-likeness (QED) is 0.720. The molecule has 118 valence electrons. The van der Waals surface area contributed by atoms with E-state index in [-0.39, 0.29) is 24.7 Å². The Morgan fingerprint density at radius 2 is 1.85 bits per heavy atom. The van der Waals surface area contributed by atoms with Gasteiger partial charge in [0.2, 0.25) is 5.91 Å². The molecule has 0 radical (unpaired) electrons. The molecule has 1 atom stereocenters. The summed E-state index contributed by atoms with van der Waals surface area (Å²) in [5.74, 6) is 0.469. The zero-order chi connectivity index (χ0) is 15.0. The summed E-state index contributed by atoms with van der Waals surface area (Å²) in [6, 6.07) is 0.852. The normalized spacial score (nSPS) is 24.6. The maximum absolute atomic E-state index is 11.8. The van der Waals surface area contributed by atoms with Crippen LogP contribution < -0.4 is 10.6 Å². The van der Waals surface area contributed by atoms with E-state index in [1.165, 1.54) is 6.42 Å². The summed E-state index contributed by atoms with van der Waals surface area (Å²) in [6.07, 6.45) is 5.89. The average molecular weight is 284 g/mol. The van der Waals surface area contributed by atoms with Crippen LogP contribution in [0, 0.1) is 5.92 Å². The van der Waals surface area contributed by atoms with Crippen molar-refractivity contribution in [2.45, 2.75) is 78.0 Å². The van der Waals surface area contributed by atoms with Gasteiger partial charge in [-0.05, 0) is 51.5 Å². The predicted molar refractivity (Wildman–Crippen MR) is 82.7 cm³/mol.